The van der Waals surface area contributed by atoms with Gasteiger partial charge in [0.15, 0.2) is 0 Å². The zero-order valence-electron chi connectivity index (χ0n) is 16.2. The standard InChI is InChI=1S/C22H30N2O3/c1-16-6-8-17(9-7-16)20-14-19(27-24-20)15-22(10-12-26-13-11-22)21(25)23-18-4-2-3-5-18/h6-9,18-19H,2-5,10-15H2,1H3,(H,23,25). The number of oxime groups is 1. The van der Waals surface area contributed by atoms with Crippen molar-refractivity contribution in [1.82, 2.24) is 5.32 Å². The first-order chi connectivity index (χ1) is 13.1. The molecule has 5 nitrogen and oxygen atoms in total. The van der Waals surface area contributed by atoms with E-state index in [4.69, 9.17) is 9.57 Å². The van der Waals surface area contributed by atoms with E-state index >= 15 is 0 Å². The molecule has 1 saturated carbocycles. The van der Waals surface area contributed by atoms with Crippen LogP contribution < -0.4 is 5.32 Å². The molecule has 0 spiro atoms. The first-order valence-corrected chi connectivity index (χ1v) is 10.3. The van der Waals surface area contributed by atoms with Crippen LogP contribution >= 0.6 is 0 Å². The molecule has 3 aliphatic rings. The zero-order chi connectivity index (χ0) is 18.7. The van der Waals surface area contributed by atoms with Crippen LogP contribution in [0, 0.1) is 12.3 Å². The fourth-order valence-corrected chi connectivity index (χ4v) is 4.58. The van der Waals surface area contributed by atoms with Crippen LogP contribution in [0.4, 0.5) is 0 Å². The van der Waals surface area contributed by atoms with Gasteiger partial charge in [0.25, 0.3) is 0 Å². The molecule has 1 amide bonds. The van der Waals surface area contributed by atoms with Gasteiger partial charge in [-0.15, -0.1) is 0 Å². The lowest BCUT2D eigenvalue weighted by Crippen LogP contribution is -2.49. The molecule has 1 aromatic rings. The molecule has 1 saturated heterocycles. The Bertz CT molecular complexity index is 686. The Morgan fingerprint density at radius 1 is 1.19 bits per heavy atom. The van der Waals surface area contributed by atoms with Crippen molar-refractivity contribution in [3.63, 3.8) is 0 Å². The number of amides is 1. The Kier molecular flexibility index (Phi) is 5.48. The Hall–Kier alpha value is -1.88. The van der Waals surface area contributed by atoms with Gasteiger partial charge in [0.1, 0.15) is 6.10 Å². The van der Waals surface area contributed by atoms with Gasteiger partial charge in [0.05, 0.1) is 11.1 Å². The summed E-state index contributed by atoms with van der Waals surface area (Å²) in [5.41, 5.74) is 2.95. The third-order valence-electron chi connectivity index (χ3n) is 6.36. The zero-order valence-corrected chi connectivity index (χ0v) is 16.2. The Morgan fingerprint density at radius 3 is 2.59 bits per heavy atom. The Labute approximate surface area is 161 Å². The number of benzene rings is 1. The van der Waals surface area contributed by atoms with Crippen LogP contribution in [0.2, 0.25) is 0 Å². The van der Waals surface area contributed by atoms with Crippen LogP contribution in [0.25, 0.3) is 0 Å². The van der Waals surface area contributed by atoms with Gasteiger partial charge in [0, 0.05) is 32.1 Å². The fraction of sp³-hybridized carbons (Fsp3) is 0.636. The van der Waals surface area contributed by atoms with Gasteiger partial charge in [-0.2, -0.15) is 0 Å². The number of hydrogen-bond donors (Lipinski definition) is 1. The predicted molar refractivity (Wildman–Crippen MR) is 105 cm³/mol. The molecule has 2 aliphatic heterocycles. The molecule has 5 heteroatoms. The van der Waals surface area contributed by atoms with Crippen LogP contribution in [0.15, 0.2) is 29.4 Å². The number of carbonyl (C=O) groups is 1. The Morgan fingerprint density at radius 2 is 1.89 bits per heavy atom. The van der Waals surface area contributed by atoms with Crippen molar-refractivity contribution in [3.8, 4) is 0 Å². The molecular weight excluding hydrogens is 340 g/mol. The summed E-state index contributed by atoms with van der Waals surface area (Å²) in [4.78, 5) is 19.0. The van der Waals surface area contributed by atoms with Crippen LogP contribution in [0.1, 0.15) is 62.5 Å². The number of hydrogen-bond acceptors (Lipinski definition) is 4. The normalized spacial score (nSPS) is 25.1. The highest BCUT2D eigenvalue weighted by Crippen LogP contribution is 2.39. The van der Waals surface area contributed by atoms with Crippen molar-refractivity contribution in [2.45, 2.75) is 70.4 Å². The number of nitrogens with one attached hydrogen (secondary N) is 1. The van der Waals surface area contributed by atoms with Crippen LogP contribution in [0.3, 0.4) is 0 Å². The maximum Gasteiger partial charge on any atom is 0.226 e. The minimum atomic E-state index is -0.385. The highest BCUT2D eigenvalue weighted by Gasteiger charge is 2.44. The molecule has 1 aromatic carbocycles. The molecule has 0 bridgehead atoms. The molecular formula is C22H30N2O3. The minimum absolute atomic E-state index is 0.0336. The molecule has 2 heterocycles. The molecule has 1 atom stereocenters. The van der Waals surface area contributed by atoms with E-state index < -0.39 is 0 Å². The second-order valence-electron chi connectivity index (χ2n) is 8.39. The summed E-state index contributed by atoms with van der Waals surface area (Å²) in [6.45, 7) is 3.38. The van der Waals surface area contributed by atoms with Crippen LogP contribution in [-0.4, -0.2) is 37.0 Å². The van der Waals surface area contributed by atoms with E-state index in [0.717, 1.165) is 43.4 Å². The lowest BCUT2D eigenvalue weighted by Gasteiger charge is -2.37. The van der Waals surface area contributed by atoms with Gasteiger partial charge in [-0.3, -0.25) is 4.79 Å². The third-order valence-corrected chi connectivity index (χ3v) is 6.36. The predicted octanol–water partition coefficient (Wildman–Crippen LogP) is 3.73. The summed E-state index contributed by atoms with van der Waals surface area (Å²) in [6, 6.07) is 8.73. The van der Waals surface area contributed by atoms with E-state index in [-0.39, 0.29) is 17.4 Å². The van der Waals surface area contributed by atoms with Crippen LogP contribution in [-0.2, 0) is 14.4 Å². The van der Waals surface area contributed by atoms with Gasteiger partial charge in [-0.05, 0) is 38.2 Å². The number of rotatable bonds is 5. The molecule has 1 unspecified atom stereocenters. The summed E-state index contributed by atoms with van der Waals surface area (Å²) in [6.07, 6.45) is 7.65. The van der Waals surface area contributed by atoms with E-state index in [1.807, 2.05) is 0 Å². The monoisotopic (exact) mass is 370 g/mol. The number of ether oxygens (including phenoxy) is 1. The fourth-order valence-electron chi connectivity index (χ4n) is 4.58. The smallest absolute Gasteiger partial charge is 0.226 e. The van der Waals surface area contributed by atoms with Crippen molar-refractivity contribution in [2.75, 3.05) is 13.2 Å². The molecule has 1 N–H and O–H groups in total. The number of nitrogens with zero attached hydrogens (tertiary/aromatic N) is 1. The molecule has 0 radical (unpaired) electrons. The summed E-state index contributed by atoms with van der Waals surface area (Å²) in [7, 11) is 0. The second-order valence-corrected chi connectivity index (χ2v) is 8.39. The van der Waals surface area contributed by atoms with Crippen molar-refractivity contribution < 1.29 is 14.4 Å². The molecule has 2 fully saturated rings. The van der Waals surface area contributed by atoms with Gasteiger partial charge in [-0.25, -0.2) is 0 Å². The highest BCUT2D eigenvalue weighted by atomic mass is 16.6. The Balaban J connectivity index is 1.41. The highest BCUT2D eigenvalue weighted by molar-refractivity contribution is 6.01. The first-order valence-electron chi connectivity index (χ1n) is 10.3. The maximum absolute atomic E-state index is 13.2. The van der Waals surface area contributed by atoms with Crippen molar-refractivity contribution in [1.29, 1.82) is 0 Å². The second kappa shape index (κ2) is 8.01. The lowest BCUT2D eigenvalue weighted by atomic mass is 9.74. The van der Waals surface area contributed by atoms with E-state index in [1.54, 1.807) is 0 Å². The van der Waals surface area contributed by atoms with Gasteiger partial charge >= 0.3 is 0 Å². The average molecular weight is 370 g/mol. The van der Waals surface area contributed by atoms with E-state index in [2.05, 4.69) is 41.7 Å². The molecule has 0 aromatic heterocycles. The largest absolute Gasteiger partial charge is 0.392 e. The molecule has 27 heavy (non-hydrogen) atoms. The quantitative estimate of drug-likeness (QED) is 0.859. The van der Waals surface area contributed by atoms with Crippen molar-refractivity contribution >= 4 is 11.6 Å². The topological polar surface area (TPSA) is 59.9 Å². The van der Waals surface area contributed by atoms with Crippen LogP contribution in [0.5, 0.6) is 0 Å². The third kappa shape index (κ3) is 4.18. The van der Waals surface area contributed by atoms with Gasteiger partial charge < -0.3 is 14.9 Å². The minimum Gasteiger partial charge on any atom is -0.392 e. The SMILES string of the molecule is Cc1ccc(C2=NOC(CC3(C(=O)NC4CCCC4)CCOCC3)C2)cc1. The summed E-state index contributed by atoms with van der Waals surface area (Å²) in [5, 5.41) is 7.65. The average Bonchev–Trinajstić information content (AvgIpc) is 3.35. The molecule has 146 valence electrons. The first kappa shape index (κ1) is 18.5. The van der Waals surface area contributed by atoms with Gasteiger partial charge in [0.2, 0.25) is 5.91 Å². The maximum atomic E-state index is 13.2. The number of carbonyl (C=O) groups excluding carboxylic acids is 1. The van der Waals surface area contributed by atoms with E-state index in [0.29, 0.717) is 25.7 Å². The van der Waals surface area contributed by atoms with E-state index in [9.17, 15) is 4.79 Å². The lowest BCUT2D eigenvalue weighted by molar-refractivity contribution is -0.140. The summed E-state index contributed by atoms with van der Waals surface area (Å²) < 4.78 is 5.56. The molecule has 4 rings (SSSR count). The van der Waals surface area contributed by atoms with Gasteiger partial charge in [-0.1, -0.05) is 47.8 Å². The van der Waals surface area contributed by atoms with Crippen molar-refractivity contribution in [3.05, 3.63) is 35.4 Å². The molecule has 1 aliphatic carbocycles. The summed E-state index contributed by atoms with van der Waals surface area (Å²) in [5.74, 6) is 0.199. The number of aryl methyl sites for hydroxylation is 1. The summed E-state index contributed by atoms with van der Waals surface area (Å²) >= 11 is 0. The van der Waals surface area contributed by atoms with E-state index in [1.165, 1.54) is 18.4 Å². The van der Waals surface area contributed by atoms with Crippen molar-refractivity contribution in [2.24, 2.45) is 10.6 Å².